The van der Waals surface area contributed by atoms with Crippen molar-refractivity contribution in [2.24, 2.45) is 0 Å². The molecule has 4 heteroatoms. The number of hydrogen-bond donors (Lipinski definition) is 2. The number of carbonyl (C=O) groups excluding carboxylic acids is 2. The molecule has 2 N–H and O–H groups in total. The van der Waals surface area contributed by atoms with E-state index in [1.54, 1.807) is 0 Å². The summed E-state index contributed by atoms with van der Waals surface area (Å²) in [5.74, 6) is -0.166. The van der Waals surface area contributed by atoms with Gasteiger partial charge in [0.05, 0.1) is 6.04 Å². The molecule has 0 aromatic heterocycles. The predicted octanol–water partition coefficient (Wildman–Crippen LogP) is 2.81. The minimum Gasteiger partial charge on any atom is -0.348 e. The number of nitrogens with one attached hydrogen (secondary N) is 2. The van der Waals surface area contributed by atoms with Crippen molar-refractivity contribution < 1.29 is 9.59 Å². The van der Waals surface area contributed by atoms with E-state index in [0.717, 1.165) is 11.1 Å². The van der Waals surface area contributed by atoms with Crippen molar-refractivity contribution in [2.75, 3.05) is 0 Å². The molecule has 3 rings (SSSR count). The van der Waals surface area contributed by atoms with Gasteiger partial charge in [-0.25, -0.2) is 0 Å². The summed E-state index contributed by atoms with van der Waals surface area (Å²) in [6, 6.07) is 17.9. The van der Waals surface area contributed by atoms with Crippen molar-refractivity contribution in [1.82, 2.24) is 10.6 Å². The molecule has 1 heterocycles. The van der Waals surface area contributed by atoms with Crippen LogP contribution >= 0.6 is 0 Å². The predicted molar refractivity (Wildman–Crippen MR) is 89.6 cm³/mol. The second-order valence-corrected chi connectivity index (χ2v) is 5.88. The summed E-state index contributed by atoms with van der Waals surface area (Å²) < 4.78 is 0. The molecule has 23 heavy (non-hydrogen) atoms. The Hall–Kier alpha value is -2.62. The van der Waals surface area contributed by atoms with Crippen LogP contribution in [0.25, 0.3) is 11.1 Å². The fourth-order valence-corrected chi connectivity index (χ4v) is 2.80. The Balaban J connectivity index is 1.65. The van der Waals surface area contributed by atoms with Gasteiger partial charge in [-0.15, -0.1) is 0 Å². The van der Waals surface area contributed by atoms with Crippen LogP contribution < -0.4 is 10.6 Å². The molecule has 2 aromatic rings. The Kier molecular flexibility index (Phi) is 4.42. The molecule has 2 atom stereocenters. The van der Waals surface area contributed by atoms with Crippen LogP contribution in [-0.4, -0.2) is 17.9 Å². The summed E-state index contributed by atoms with van der Waals surface area (Å²) in [6.45, 7) is 1.95. The fourth-order valence-electron chi connectivity index (χ4n) is 2.80. The Morgan fingerprint density at radius 3 is 2.35 bits per heavy atom. The van der Waals surface area contributed by atoms with E-state index in [1.165, 1.54) is 5.56 Å². The summed E-state index contributed by atoms with van der Waals surface area (Å²) in [5, 5.41) is 5.65. The minimum absolute atomic E-state index is 0.0509. The third kappa shape index (κ3) is 3.59. The van der Waals surface area contributed by atoms with Crippen LogP contribution in [0, 0.1) is 0 Å². The number of benzene rings is 2. The Morgan fingerprint density at radius 2 is 1.74 bits per heavy atom. The van der Waals surface area contributed by atoms with Crippen molar-refractivity contribution >= 4 is 11.8 Å². The van der Waals surface area contributed by atoms with Gasteiger partial charge in [-0.1, -0.05) is 54.6 Å². The molecule has 0 unspecified atom stereocenters. The van der Waals surface area contributed by atoms with E-state index in [2.05, 4.69) is 34.9 Å². The Morgan fingerprint density at radius 1 is 1.09 bits per heavy atom. The van der Waals surface area contributed by atoms with Gasteiger partial charge in [-0.05, 0) is 30.0 Å². The Bertz CT molecular complexity index is 695. The SMILES string of the molecule is C[C@H](NC(=O)[C@H]1CCC(=O)N1)c1ccc(-c2ccccc2)cc1. The van der Waals surface area contributed by atoms with Gasteiger partial charge in [0.2, 0.25) is 11.8 Å². The van der Waals surface area contributed by atoms with E-state index in [4.69, 9.17) is 0 Å². The molecule has 2 aromatic carbocycles. The normalized spacial score (nSPS) is 18.3. The third-order valence-electron chi connectivity index (χ3n) is 4.19. The Labute approximate surface area is 135 Å². The number of carbonyl (C=O) groups is 2. The van der Waals surface area contributed by atoms with Gasteiger partial charge in [-0.3, -0.25) is 9.59 Å². The molecule has 0 radical (unpaired) electrons. The first-order valence-corrected chi connectivity index (χ1v) is 7.88. The molecule has 0 saturated carbocycles. The van der Waals surface area contributed by atoms with E-state index in [0.29, 0.717) is 12.8 Å². The van der Waals surface area contributed by atoms with Gasteiger partial charge in [0, 0.05) is 6.42 Å². The van der Waals surface area contributed by atoms with Gasteiger partial charge in [0.15, 0.2) is 0 Å². The molecule has 1 aliphatic rings. The molecule has 0 spiro atoms. The summed E-state index contributed by atoms with van der Waals surface area (Å²) in [5.41, 5.74) is 3.36. The molecule has 4 nitrogen and oxygen atoms in total. The number of hydrogen-bond acceptors (Lipinski definition) is 2. The maximum Gasteiger partial charge on any atom is 0.243 e. The molecule has 1 fully saturated rings. The van der Waals surface area contributed by atoms with Gasteiger partial charge in [0.25, 0.3) is 0 Å². The highest BCUT2D eigenvalue weighted by Gasteiger charge is 2.27. The zero-order chi connectivity index (χ0) is 16.2. The first kappa shape index (κ1) is 15.3. The van der Waals surface area contributed by atoms with Gasteiger partial charge in [0.1, 0.15) is 6.04 Å². The average molecular weight is 308 g/mol. The van der Waals surface area contributed by atoms with E-state index < -0.39 is 6.04 Å². The van der Waals surface area contributed by atoms with Gasteiger partial charge in [-0.2, -0.15) is 0 Å². The lowest BCUT2D eigenvalue weighted by Gasteiger charge is -2.18. The van der Waals surface area contributed by atoms with Crippen LogP contribution in [-0.2, 0) is 9.59 Å². The lowest BCUT2D eigenvalue weighted by Crippen LogP contribution is -2.42. The summed E-state index contributed by atoms with van der Waals surface area (Å²) in [7, 11) is 0. The first-order valence-electron chi connectivity index (χ1n) is 7.88. The molecular weight excluding hydrogens is 288 g/mol. The zero-order valence-corrected chi connectivity index (χ0v) is 13.1. The zero-order valence-electron chi connectivity index (χ0n) is 13.1. The number of rotatable bonds is 4. The molecule has 2 amide bonds. The molecular formula is C19H20N2O2. The first-order chi connectivity index (χ1) is 11.1. The second-order valence-electron chi connectivity index (χ2n) is 5.88. The quantitative estimate of drug-likeness (QED) is 0.912. The third-order valence-corrected chi connectivity index (χ3v) is 4.19. The highest BCUT2D eigenvalue weighted by atomic mass is 16.2. The summed E-state index contributed by atoms with van der Waals surface area (Å²) >= 11 is 0. The van der Waals surface area contributed by atoms with Gasteiger partial charge < -0.3 is 10.6 Å². The molecule has 1 saturated heterocycles. The van der Waals surface area contributed by atoms with Crippen LogP contribution in [0.5, 0.6) is 0 Å². The van der Waals surface area contributed by atoms with Crippen molar-refractivity contribution in [3.8, 4) is 11.1 Å². The molecule has 0 aliphatic carbocycles. The molecule has 0 bridgehead atoms. The lowest BCUT2D eigenvalue weighted by molar-refractivity contribution is -0.126. The number of amides is 2. The largest absolute Gasteiger partial charge is 0.348 e. The van der Waals surface area contributed by atoms with Crippen LogP contribution in [0.1, 0.15) is 31.4 Å². The van der Waals surface area contributed by atoms with Crippen LogP contribution in [0.3, 0.4) is 0 Å². The average Bonchev–Trinajstić information content (AvgIpc) is 3.02. The standard InChI is InChI=1S/C19H20N2O2/c1-13(20-19(23)17-11-12-18(22)21-17)14-7-9-16(10-8-14)15-5-3-2-4-6-15/h2-10,13,17H,11-12H2,1H3,(H,20,23)(H,21,22)/t13-,17+/m0/s1. The topological polar surface area (TPSA) is 58.2 Å². The maximum absolute atomic E-state index is 12.1. The van der Waals surface area contributed by atoms with Crippen LogP contribution in [0.15, 0.2) is 54.6 Å². The van der Waals surface area contributed by atoms with Gasteiger partial charge >= 0.3 is 0 Å². The maximum atomic E-state index is 12.1. The van der Waals surface area contributed by atoms with E-state index >= 15 is 0 Å². The van der Waals surface area contributed by atoms with E-state index in [9.17, 15) is 9.59 Å². The monoisotopic (exact) mass is 308 g/mol. The summed E-state index contributed by atoms with van der Waals surface area (Å²) in [4.78, 5) is 23.3. The highest BCUT2D eigenvalue weighted by Crippen LogP contribution is 2.22. The second kappa shape index (κ2) is 6.65. The van der Waals surface area contributed by atoms with Crippen molar-refractivity contribution in [2.45, 2.75) is 31.8 Å². The van der Waals surface area contributed by atoms with Crippen molar-refractivity contribution in [3.63, 3.8) is 0 Å². The summed E-state index contributed by atoms with van der Waals surface area (Å²) in [6.07, 6.45) is 1.00. The van der Waals surface area contributed by atoms with Crippen molar-refractivity contribution in [3.05, 3.63) is 60.2 Å². The highest BCUT2D eigenvalue weighted by molar-refractivity contribution is 5.90. The van der Waals surface area contributed by atoms with Crippen LogP contribution in [0.4, 0.5) is 0 Å². The lowest BCUT2D eigenvalue weighted by atomic mass is 10.0. The fraction of sp³-hybridized carbons (Fsp3) is 0.263. The van der Waals surface area contributed by atoms with E-state index in [-0.39, 0.29) is 17.9 Å². The molecule has 118 valence electrons. The molecule has 1 aliphatic heterocycles. The smallest absolute Gasteiger partial charge is 0.243 e. The minimum atomic E-state index is -0.395. The van der Waals surface area contributed by atoms with Crippen molar-refractivity contribution in [1.29, 1.82) is 0 Å². The van der Waals surface area contributed by atoms with E-state index in [1.807, 2.05) is 37.3 Å². The van der Waals surface area contributed by atoms with Crippen LogP contribution in [0.2, 0.25) is 0 Å².